The molecule has 108 valence electrons. The Bertz CT molecular complexity index is 494. The van der Waals surface area contributed by atoms with E-state index in [4.69, 9.17) is 10.5 Å². The summed E-state index contributed by atoms with van der Waals surface area (Å²) in [5, 5.41) is 9.53. The van der Waals surface area contributed by atoms with E-state index in [-0.39, 0.29) is 11.7 Å². The molecule has 1 aromatic carbocycles. The van der Waals surface area contributed by atoms with Crippen LogP contribution in [0.25, 0.3) is 0 Å². The maximum absolute atomic E-state index is 9.53. The van der Waals surface area contributed by atoms with Gasteiger partial charge in [0.05, 0.1) is 17.8 Å². The topological polar surface area (TPSA) is 62.3 Å². The third kappa shape index (κ3) is 3.37. The first-order valence-corrected chi connectivity index (χ1v) is 7.00. The average molecular weight is 273 g/mol. The van der Waals surface area contributed by atoms with Crippen LogP contribution < -0.4 is 5.73 Å². The highest BCUT2D eigenvalue weighted by Crippen LogP contribution is 2.25. The minimum atomic E-state index is -0.978. The minimum Gasteiger partial charge on any atom is -0.370 e. The number of benzene rings is 1. The van der Waals surface area contributed by atoms with E-state index in [0.717, 1.165) is 18.7 Å². The van der Waals surface area contributed by atoms with Gasteiger partial charge in [0.1, 0.15) is 5.54 Å². The fourth-order valence-corrected chi connectivity index (χ4v) is 2.99. The molecule has 1 aromatic rings. The Morgan fingerprint density at radius 3 is 2.65 bits per heavy atom. The molecule has 0 radical (unpaired) electrons. The van der Waals surface area contributed by atoms with E-state index in [0.29, 0.717) is 6.54 Å². The van der Waals surface area contributed by atoms with Crippen molar-refractivity contribution in [1.29, 1.82) is 5.26 Å². The van der Waals surface area contributed by atoms with E-state index in [1.807, 2.05) is 30.3 Å². The summed E-state index contributed by atoms with van der Waals surface area (Å²) >= 11 is 0. The molecule has 1 aliphatic heterocycles. The Balaban J connectivity index is 2.17. The van der Waals surface area contributed by atoms with Crippen LogP contribution in [0.1, 0.15) is 26.3 Å². The van der Waals surface area contributed by atoms with E-state index in [1.165, 1.54) is 0 Å². The summed E-state index contributed by atoms with van der Waals surface area (Å²) in [5.74, 6) is 0. The molecule has 0 saturated carbocycles. The maximum Gasteiger partial charge on any atom is 0.142 e. The van der Waals surface area contributed by atoms with Gasteiger partial charge in [0.2, 0.25) is 0 Å². The zero-order valence-corrected chi connectivity index (χ0v) is 12.5. The smallest absolute Gasteiger partial charge is 0.142 e. The number of rotatable bonds is 3. The molecule has 4 nitrogen and oxygen atoms in total. The van der Waals surface area contributed by atoms with Crippen molar-refractivity contribution in [3.63, 3.8) is 0 Å². The number of nitrogens with zero attached hydrogens (tertiary/aromatic N) is 2. The van der Waals surface area contributed by atoms with Crippen molar-refractivity contribution in [2.24, 2.45) is 5.73 Å². The lowest BCUT2D eigenvalue weighted by Crippen LogP contribution is -2.57. The highest BCUT2D eigenvalue weighted by molar-refractivity contribution is 5.31. The van der Waals surface area contributed by atoms with Crippen molar-refractivity contribution in [2.75, 3.05) is 19.6 Å². The molecule has 0 amide bonds. The standard InChI is InChI=1S/C16H23N3O/c1-13-9-19(11-15(2,3)20-13)12-16(18,10-17)14-7-5-4-6-8-14/h4-8,13H,9,11-12,18H2,1-3H3. The van der Waals surface area contributed by atoms with Gasteiger partial charge in [0.15, 0.2) is 0 Å². The van der Waals surface area contributed by atoms with Crippen molar-refractivity contribution >= 4 is 0 Å². The second-order valence-electron chi connectivity index (χ2n) is 6.31. The summed E-state index contributed by atoms with van der Waals surface area (Å²) < 4.78 is 5.89. The molecular formula is C16H23N3O. The van der Waals surface area contributed by atoms with Gasteiger partial charge in [-0.05, 0) is 26.3 Å². The zero-order chi connectivity index (χ0) is 14.8. The largest absolute Gasteiger partial charge is 0.370 e. The normalized spacial score (nSPS) is 25.6. The van der Waals surface area contributed by atoms with Gasteiger partial charge in [-0.3, -0.25) is 4.90 Å². The average Bonchev–Trinajstić information content (AvgIpc) is 2.37. The number of ether oxygens (including phenoxy) is 1. The molecule has 2 N–H and O–H groups in total. The quantitative estimate of drug-likeness (QED) is 0.913. The van der Waals surface area contributed by atoms with Gasteiger partial charge in [-0.2, -0.15) is 5.26 Å². The highest BCUT2D eigenvalue weighted by atomic mass is 16.5. The predicted octanol–water partition coefficient (Wildman–Crippen LogP) is 1.86. The van der Waals surface area contributed by atoms with Crippen LogP contribution in [0, 0.1) is 11.3 Å². The Morgan fingerprint density at radius 1 is 1.45 bits per heavy atom. The first-order chi connectivity index (χ1) is 9.35. The van der Waals surface area contributed by atoms with Crippen LogP contribution in [0.4, 0.5) is 0 Å². The van der Waals surface area contributed by atoms with Crippen molar-refractivity contribution in [2.45, 2.75) is 38.0 Å². The zero-order valence-electron chi connectivity index (χ0n) is 12.5. The number of nitrogens with two attached hydrogens (primary N) is 1. The maximum atomic E-state index is 9.53. The molecule has 1 fully saturated rings. The van der Waals surface area contributed by atoms with E-state index in [2.05, 4.69) is 31.7 Å². The molecule has 0 spiro atoms. The Kier molecular flexibility index (Phi) is 4.14. The first-order valence-electron chi connectivity index (χ1n) is 7.00. The van der Waals surface area contributed by atoms with Gasteiger partial charge in [0.25, 0.3) is 0 Å². The van der Waals surface area contributed by atoms with Crippen LogP contribution in [0.3, 0.4) is 0 Å². The number of hydrogen-bond donors (Lipinski definition) is 1. The molecule has 0 aromatic heterocycles. The van der Waals surface area contributed by atoms with E-state index in [9.17, 15) is 5.26 Å². The lowest BCUT2D eigenvalue weighted by molar-refractivity contribution is -0.130. The second kappa shape index (κ2) is 5.53. The van der Waals surface area contributed by atoms with Gasteiger partial charge in [-0.25, -0.2) is 0 Å². The third-order valence-corrected chi connectivity index (χ3v) is 3.60. The van der Waals surface area contributed by atoms with Crippen LogP contribution in [0.15, 0.2) is 30.3 Å². The lowest BCUT2D eigenvalue weighted by atomic mass is 9.91. The predicted molar refractivity (Wildman–Crippen MR) is 79.0 cm³/mol. The van der Waals surface area contributed by atoms with E-state index < -0.39 is 5.54 Å². The van der Waals surface area contributed by atoms with Gasteiger partial charge in [0, 0.05) is 19.6 Å². The van der Waals surface area contributed by atoms with Crippen LogP contribution in [0.5, 0.6) is 0 Å². The monoisotopic (exact) mass is 273 g/mol. The number of nitriles is 1. The number of hydrogen-bond acceptors (Lipinski definition) is 4. The Morgan fingerprint density at radius 2 is 2.10 bits per heavy atom. The minimum absolute atomic E-state index is 0.150. The fourth-order valence-electron chi connectivity index (χ4n) is 2.99. The van der Waals surface area contributed by atoms with Gasteiger partial charge >= 0.3 is 0 Å². The molecule has 2 atom stereocenters. The summed E-state index contributed by atoms with van der Waals surface area (Å²) in [5.41, 5.74) is 6.02. The second-order valence-corrected chi connectivity index (χ2v) is 6.31. The fraction of sp³-hybridized carbons (Fsp3) is 0.562. The van der Waals surface area contributed by atoms with E-state index in [1.54, 1.807) is 0 Å². The summed E-state index contributed by atoms with van der Waals surface area (Å²) in [6.45, 7) is 8.30. The summed E-state index contributed by atoms with van der Waals surface area (Å²) in [7, 11) is 0. The van der Waals surface area contributed by atoms with E-state index >= 15 is 0 Å². The molecular weight excluding hydrogens is 250 g/mol. The Hall–Kier alpha value is -1.41. The summed E-state index contributed by atoms with van der Waals surface area (Å²) in [6.07, 6.45) is 0.150. The van der Waals surface area contributed by atoms with Crippen LogP contribution in [-0.4, -0.2) is 36.2 Å². The Labute approximate surface area is 121 Å². The third-order valence-electron chi connectivity index (χ3n) is 3.60. The summed E-state index contributed by atoms with van der Waals surface area (Å²) in [6, 6.07) is 11.9. The lowest BCUT2D eigenvalue weighted by Gasteiger charge is -2.43. The van der Waals surface area contributed by atoms with Crippen LogP contribution >= 0.6 is 0 Å². The molecule has 0 aliphatic carbocycles. The van der Waals surface area contributed by atoms with Crippen LogP contribution in [-0.2, 0) is 10.3 Å². The van der Waals surface area contributed by atoms with Crippen LogP contribution in [0.2, 0.25) is 0 Å². The molecule has 4 heteroatoms. The van der Waals surface area contributed by atoms with Crippen molar-refractivity contribution in [3.8, 4) is 6.07 Å². The number of morpholine rings is 1. The highest BCUT2D eigenvalue weighted by Gasteiger charge is 2.36. The molecule has 2 unspecified atom stereocenters. The molecule has 1 saturated heterocycles. The molecule has 2 rings (SSSR count). The first kappa shape index (κ1) is 15.0. The van der Waals surface area contributed by atoms with Gasteiger partial charge in [-0.15, -0.1) is 0 Å². The van der Waals surface area contributed by atoms with Crippen molar-refractivity contribution in [3.05, 3.63) is 35.9 Å². The van der Waals surface area contributed by atoms with Crippen molar-refractivity contribution < 1.29 is 4.74 Å². The SMILES string of the molecule is CC1CN(CC(N)(C#N)c2ccccc2)CC(C)(C)O1. The molecule has 0 bridgehead atoms. The van der Waals surface area contributed by atoms with Crippen molar-refractivity contribution in [1.82, 2.24) is 4.90 Å². The van der Waals surface area contributed by atoms with Gasteiger partial charge in [-0.1, -0.05) is 30.3 Å². The summed E-state index contributed by atoms with van der Waals surface area (Å²) in [4.78, 5) is 2.23. The molecule has 1 aliphatic rings. The van der Waals surface area contributed by atoms with Gasteiger partial charge < -0.3 is 10.5 Å². The molecule has 20 heavy (non-hydrogen) atoms. The molecule has 1 heterocycles.